The van der Waals surface area contributed by atoms with E-state index >= 15 is 4.39 Å². The van der Waals surface area contributed by atoms with Crippen LogP contribution in [-0.4, -0.2) is 57.7 Å². The Morgan fingerprint density at radius 1 is 1.19 bits per heavy atom. The molecule has 0 radical (unpaired) electrons. The second kappa shape index (κ2) is 12.7. The maximum atomic E-state index is 15.5. The molecular weight excluding hydrogens is 459 g/mol. The van der Waals surface area contributed by atoms with Crippen molar-refractivity contribution >= 4 is 16.9 Å². The number of piperidine rings is 1. The number of alkyl halides is 1. The Labute approximate surface area is 211 Å². The molecule has 1 aliphatic heterocycles. The minimum atomic E-state index is -1.10. The van der Waals surface area contributed by atoms with Gasteiger partial charge in [0.1, 0.15) is 11.9 Å². The van der Waals surface area contributed by atoms with Gasteiger partial charge in [0, 0.05) is 43.1 Å². The van der Waals surface area contributed by atoms with E-state index in [-0.39, 0.29) is 12.3 Å². The van der Waals surface area contributed by atoms with E-state index < -0.39 is 12.1 Å². The highest BCUT2D eigenvalue weighted by molar-refractivity contribution is 5.83. The minimum Gasteiger partial charge on any atom is -0.497 e. The fourth-order valence-electron chi connectivity index (χ4n) is 5.38. The van der Waals surface area contributed by atoms with Crippen LogP contribution in [0, 0.1) is 11.8 Å². The van der Waals surface area contributed by atoms with Crippen LogP contribution in [0.4, 0.5) is 4.39 Å². The van der Waals surface area contributed by atoms with E-state index in [9.17, 15) is 9.90 Å². The number of methoxy groups -OCH3 is 1. The Balaban J connectivity index is 1.35. The molecule has 0 spiro atoms. The van der Waals surface area contributed by atoms with Crippen LogP contribution in [0.1, 0.15) is 56.0 Å². The molecule has 1 unspecified atom stereocenters. The minimum absolute atomic E-state index is 0.155. The number of carboxylic acid groups (broad SMARTS) is 1. The number of carboxylic acids is 1. The molecule has 0 bridgehead atoms. The topological polar surface area (TPSA) is 88.4 Å². The smallest absolute Gasteiger partial charge is 0.303 e. The number of rotatable bonds is 12. The second-order valence-corrected chi connectivity index (χ2v) is 9.67. The van der Waals surface area contributed by atoms with Crippen LogP contribution in [-0.2, 0) is 11.2 Å². The van der Waals surface area contributed by atoms with Gasteiger partial charge in [-0.1, -0.05) is 0 Å². The zero-order valence-corrected chi connectivity index (χ0v) is 20.9. The molecule has 3 atom stereocenters. The van der Waals surface area contributed by atoms with Crippen LogP contribution in [0.15, 0.2) is 49.1 Å². The lowest BCUT2D eigenvalue weighted by molar-refractivity contribution is -0.137. The van der Waals surface area contributed by atoms with E-state index in [1.54, 1.807) is 38.0 Å². The average molecular weight is 495 g/mol. The van der Waals surface area contributed by atoms with Gasteiger partial charge in [-0.15, -0.1) is 0 Å². The summed E-state index contributed by atoms with van der Waals surface area (Å²) in [6.07, 6.45) is 10.5. The van der Waals surface area contributed by atoms with Gasteiger partial charge >= 0.3 is 5.97 Å². The molecule has 3 aromatic rings. The van der Waals surface area contributed by atoms with Gasteiger partial charge in [0.05, 0.1) is 18.3 Å². The number of aliphatic carboxylic acids is 1. The van der Waals surface area contributed by atoms with Gasteiger partial charge in [0.25, 0.3) is 0 Å². The number of aromatic nitrogens is 3. The number of pyridine rings is 1. The Morgan fingerprint density at radius 3 is 2.86 bits per heavy atom. The maximum Gasteiger partial charge on any atom is 0.303 e. The van der Waals surface area contributed by atoms with Crippen molar-refractivity contribution in [3.63, 3.8) is 0 Å². The molecule has 3 heterocycles. The van der Waals surface area contributed by atoms with Crippen molar-refractivity contribution in [1.29, 1.82) is 0 Å². The largest absolute Gasteiger partial charge is 0.497 e. The fraction of sp³-hybridized carbons (Fsp3) is 0.500. The monoisotopic (exact) mass is 494 g/mol. The summed E-state index contributed by atoms with van der Waals surface area (Å²) in [5.74, 6) is 0.493. The van der Waals surface area contributed by atoms with Gasteiger partial charge in [-0.25, -0.2) is 4.39 Å². The number of nitrogens with zero attached hydrogens (tertiary/aromatic N) is 4. The molecule has 1 saturated heterocycles. The van der Waals surface area contributed by atoms with Crippen molar-refractivity contribution in [2.75, 3.05) is 26.7 Å². The number of fused-ring (bicyclic) bond motifs is 1. The van der Waals surface area contributed by atoms with Crippen LogP contribution in [0.2, 0.25) is 0 Å². The summed E-state index contributed by atoms with van der Waals surface area (Å²) in [5, 5.41) is 10.1. The molecule has 0 aliphatic carbocycles. The number of ether oxygens (including phenoxy) is 1. The number of benzene rings is 1. The predicted molar refractivity (Wildman–Crippen MR) is 137 cm³/mol. The lowest BCUT2D eigenvalue weighted by Crippen LogP contribution is -2.41. The van der Waals surface area contributed by atoms with Gasteiger partial charge in [-0.3, -0.25) is 19.7 Å². The van der Waals surface area contributed by atoms with Crippen LogP contribution in [0.3, 0.4) is 0 Å². The lowest BCUT2D eigenvalue weighted by Gasteiger charge is -2.39. The summed E-state index contributed by atoms with van der Waals surface area (Å²) in [4.78, 5) is 26.5. The molecule has 0 saturated carbocycles. The Morgan fingerprint density at radius 2 is 2.08 bits per heavy atom. The number of halogens is 1. The molecule has 1 aromatic carbocycles. The predicted octanol–water partition coefficient (Wildman–Crippen LogP) is 5.26. The third-order valence-corrected chi connectivity index (χ3v) is 7.34. The molecule has 4 rings (SSSR count). The maximum absolute atomic E-state index is 15.5. The number of hydrogen-bond acceptors (Lipinski definition) is 6. The van der Waals surface area contributed by atoms with Gasteiger partial charge in [-0.05, 0) is 93.3 Å². The summed E-state index contributed by atoms with van der Waals surface area (Å²) < 4.78 is 20.8. The van der Waals surface area contributed by atoms with E-state index in [0.717, 1.165) is 61.9 Å². The third-order valence-electron chi connectivity index (χ3n) is 7.34. The summed E-state index contributed by atoms with van der Waals surface area (Å²) in [6, 6.07) is 7.29. The first-order valence-electron chi connectivity index (χ1n) is 12.8. The number of likely N-dealkylation sites (tertiary alicyclic amines) is 1. The van der Waals surface area contributed by atoms with Crippen LogP contribution >= 0.6 is 0 Å². The highest BCUT2D eigenvalue weighted by Crippen LogP contribution is 2.36. The van der Waals surface area contributed by atoms with Crippen molar-refractivity contribution in [3.8, 4) is 5.75 Å². The molecule has 7 nitrogen and oxygen atoms in total. The first-order valence-corrected chi connectivity index (χ1v) is 12.8. The Bertz CT molecular complexity index is 1130. The number of hydrogen-bond donors (Lipinski definition) is 1. The number of carbonyl (C=O) groups is 1. The van der Waals surface area contributed by atoms with E-state index in [0.29, 0.717) is 30.1 Å². The average Bonchev–Trinajstić information content (AvgIpc) is 2.91. The lowest BCUT2D eigenvalue weighted by atomic mass is 9.79. The van der Waals surface area contributed by atoms with Crippen molar-refractivity contribution < 1.29 is 19.0 Å². The van der Waals surface area contributed by atoms with Gasteiger partial charge in [-0.2, -0.15) is 0 Å². The first kappa shape index (κ1) is 25.9. The van der Waals surface area contributed by atoms with Crippen molar-refractivity contribution in [3.05, 3.63) is 60.3 Å². The Hall–Kier alpha value is -3.13. The first-order chi connectivity index (χ1) is 17.5. The van der Waals surface area contributed by atoms with Crippen molar-refractivity contribution in [2.24, 2.45) is 11.8 Å². The van der Waals surface area contributed by atoms with Crippen LogP contribution in [0.5, 0.6) is 5.75 Å². The van der Waals surface area contributed by atoms with Crippen LogP contribution < -0.4 is 4.74 Å². The SMILES string of the molecule is COc1ccc2nccc(C(F)CC[C@@H]3CCN(CCCc4cnccn4)C[C@@H]3CCC(=O)O)c2c1. The summed E-state index contributed by atoms with van der Waals surface area (Å²) >= 11 is 0. The third kappa shape index (κ3) is 6.97. The van der Waals surface area contributed by atoms with E-state index in [1.807, 2.05) is 18.2 Å². The van der Waals surface area contributed by atoms with Gasteiger partial charge in [0.2, 0.25) is 0 Å². The summed E-state index contributed by atoms with van der Waals surface area (Å²) in [5.41, 5.74) is 2.39. The molecule has 192 valence electrons. The molecular formula is C28H35FN4O3. The standard InChI is InChI=1S/C28H35FN4O3/c1-36-23-6-8-27-25(17-23)24(10-12-32-27)26(29)7-4-20-11-16-33(19-21(20)5-9-28(34)35)15-2-3-22-18-30-13-14-31-22/h6,8,10,12-14,17-18,20-21,26H,2-5,7,9,11,15-16,19H2,1H3,(H,34,35)/t20-,21+,26?/m1/s1. The summed E-state index contributed by atoms with van der Waals surface area (Å²) in [7, 11) is 1.60. The van der Waals surface area contributed by atoms with Gasteiger partial charge in [0.15, 0.2) is 0 Å². The normalized spacial score (nSPS) is 19.3. The highest BCUT2D eigenvalue weighted by Gasteiger charge is 2.30. The van der Waals surface area contributed by atoms with Crippen molar-refractivity contribution in [1.82, 2.24) is 19.9 Å². The number of aryl methyl sites for hydroxylation is 1. The Kier molecular flexibility index (Phi) is 9.17. The fourth-order valence-corrected chi connectivity index (χ4v) is 5.38. The van der Waals surface area contributed by atoms with Crippen LogP contribution in [0.25, 0.3) is 10.9 Å². The zero-order valence-electron chi connectivity index (χ0n) is 20.9. The highest BCUT2D eigenvalue weighted by atomic mass is 19.1. The quantitative estimate of drug-likeness (QED) is 0.367. The van der Waals surface area contributed by atoms with Gasteiger partial charge < -0.3 is 14.7 Å². The van der Waals surface area contributed by atoms with Crippen molar-refractivity contribution in [2.45, 2.75) is 51.1 Å². The zero-order chi connectivity index (χ0) is 25.3. The molecule has 36 heavy (non-hydrogen) atoms. The summed E-state index contributed by atoms with van der Waals surface area (Å²) in [6.45, 7) is 2.77. The molecule has 1 aliphatic rings. The molecule has 1 N–H and O–H groups in total. The second-order valence-electron chi connectivity index (χ2n) is 9.67. The van der Waals surface area contributed by atoms with E-state index in [1.165, 1.54) is 0 Å². The molecule has 1 fully saturated rings. The van der Waals surface area contributed by atoms with E-state index in [4.69, 9.17) is 4.74 Å². The molecule has 8 heteroatoms. The molecule has 2 aromatic heterocycles. The van der Waals surface area contributed by atoms with E-state index in [2.05, 4.69) is 19.9 Å². The molecule has 0 amide bonds.